The van der Waals surface area contributed by atoms with Gasteiger partial charge in [0.1, 0.15) is 5.69 Å². The van der Waals surface area contributed by atoms with E-state index in [-0.39, 0.29) is 23.5 Å². The fraction of sp³-hybridized carbons (Fsp3) is 0.500. The van der Waals surface area contributed by atoms with Crippen LogP contribution in [0, 0.1) is 0 Å². The maximum Gasteiger partial charge on any atom is 0.268 e. The minimum absolute atomic E-state index is 0.0587. The van der Waals surface area contributed by atoms with Gasteiger partial charge < -0.3 is 9.88 Å². The molecule has 1 aliphatic heterocycles. The lowest BCUT2D eigenvalue weighted by Crippen LogP contribution is -2.36. The normalized spacial score (nSPS) is 23.2. The van der Waals surface area contributed by atoms with Crippen LogP contribution in [0.4, 0.5) is 0 Å². The number of carbonyl (C=O) groups is 1. The van der Waals surface area contributed by atoms with Gasteiger partial charge in [0, 0.05) is 19.3 Å². The maximum atomic E-state index is 11.8. The van der Waals surface area contributed by atoms with Gasteiger partial charge >= 0.3 is 0 Å². The first-order valence-electron chi connectivity index (χ1n) is 5.10. The van der Waals surface area contributed by atoms with Crippen LogP contribution in [0.15, 0.2) is 18.3 Å². The largest absolute Gasteiger partial charge is 0.347 e. The van der Waals surface area contributed by atoms with Crippen molar-refractivity contribution in [3.63, 3.8) is 0 Å². The molecule has 5 nitrogen and oxygen atoms in total. The zero-order chi connectivity index (χ0) is 11.8. The highest BCUT2D eigenvalue weighted by molar-refractivity contribution is 7.91. The highest BCUT2D eigenvalue weighted by Gasteiger charge is 2.29. The predicted molar refractivity (Wildman–Crippen MR) is 59.9 cm³/mol. The minimum Gasteiger partial charge on any atom is -0.347 e. The lowest BCUT2D eigenvalue weighted by Gasteiger charge is -2.10. The zero-order valence-electron chi connectivity index (χ0n) is 9.01. The Hall–Kier alpha value is -1.30. The summed E-state index contributed by atoms with van der Waals surface area (Å²) in [6.07, 6.45) is 2.29. The van der Waals surface area contributed by atoms with Gasteiger partial charge in [-0.15, -0.1) is 0 Å². The molecule has 1 unspecified atom stereocenters. The van der Waals surface area contributed by atoms with E-state index in [0.29, 0.717) is 12.1 Å². The molecule has 2 rings (SSSR count). The van der Waals surface area contributed by atoms with Crippen molar-refractivity contribution in [2.75, 3.05) is 11.5 Å². The fourth-order valence-electron chi connectivity index (χ4n) is 1.87. The number of amides is 1. The van der Waals surface area contributed by atoms with Gasteiger partial charge in [-0.2, -0.15) is 0 Å². The predicted octanol–water partition coefficient (Wildman–Crippen LogP) is -0.0580. The highest BCUT2D eigenvalue weighted by Crippen LogP contribution is 2.12. The SMILES string of the molecule is Cn1cccc1C(=O)NC1CCS(=O)(=O)C1. The maximum absolute atomic E-state index is 11.8. The van der Waals surface area contributed by atoms with Gasteiger partial charge in [-0.3, -0.25) is 4.79 Å². The van der Waals surface area contributed by atoms with E-state index < -0.39 is 9.84 Å². The third-order valence-electron chi connectivity index (χ3n) is 2.74. The van der Waals surface area contributed by atoms with Crippen molar-refractivity contribution >= 4 is 15.7 Å². The van der Waals surface area contributed by atoms with Crippen molar-refractivity contribution < 1.29 is 13.2 Å². The smallest absolute Gasteiger partial charge is 0.268 e. The van der Waals surface area contributed by atoms with Crippen LogP contribution in [0.2, 0.25) is 0 Å². The first-order valence-corrected chi connectivity index (χ1v) is 6.93. The molecule has 0 aromatic carbocycles. The molecule has 0 radical (unpaired) electrons. The van der Waals surface area contributed by atoms with E-state index in [2.05, 4.69) is 5.32 Å². The molecule has 1 amide bonds. The van der Waals surface area contributed by atoms with E-state index >= 15 is 0 Å². The quantitative estimate of drug-likeness (QED) is 0.790. The van der Waals surface area contributed by atoms with Crippen molar-refractivity contribution in [1.82, 2.24) is 9.88 Å². The van der Waals surface area contributed by atoms with Crippen molar-refractivity contribution in [1.29, 1.82) is 0 Å². The van der Waals surface area contributed by atoms with E-state index in [9.17, 15) is 13.2 Å². The number of hydrogen-bond donors (Lipinski definition) is 1. The number of aromatic nitrogens is 1. The molecule has 1 aromatic rings. The highest BCUT2D eigenvalue weighted by atomic mass is 32.2. The Bertz CT molecular complexity index is 504. The minimum atomic E-state index is -2.94. The van der Waals surface area contributed by atoms with E-state index in [0.717, 1.165) is 0 Å². The molecule has 1 fully saturated rings. The van der Waals surface area contributed by atoms with Gasteiger partial charge in [-0.1, -0.05) is 0 Å². The van der Waals surface area contributed by atoms with Gasteiger partial charge in [-0.05, 0) is 18.6 Å². The second-order valence-corrected chi connectivity index (χ2v) is 6.31. The van der Waals surface area contributed by atoms with Gasteiger partial charge in [0.2, 0.25) is 0 Å². The molecule has 2 heterocycles. The number of nitrogens with one attached hydrogen (secondary N) is 1. The van der Waals surface area contributed by atoms with Crippen LogP contribution in [-0.4, -0.2) is 36.4 Å². The number of carbonyl (C=O) groups excluding carboxylic acids is 1. The number of rotatable bonds is 2. The second kappa shape index (κ2) is 3.93. The van der Waals surface area contributed by atoms with Crippen LogP contribution in [0.5, 0.6) is 0 Å². The topological polar surface area (TPSA) is 68.2 Å². The molecule has 88 valence electrons. The summed E-state index contributed by atoms with van der Waals surface area (Å²) >= 11 is 0. The summed E-state index contributed by atoms with van der Waals surface area (Å²) < 4.78 is 24.1. The van der Waals surface area contributed by atoms with Crippen LogP contribution in [-0.2, 0) is 16.9 Å². The van der Waals surface area contributed by atoms with Crippen LogP contribution >= 0.6 is 0 Å². The van der Waals surface area contributed by atoms with E-state index in [1.165, 1.54) is 0 Å². The Morgan fingerprint density at radius 3 is 2.81 bits per heavy atom. The summed E-state index contributed by atoms with van der Waals surface area (Å²) in [6.45, 7) is 0. The van der Waals surface area contributed by atoms with Gasteiger partial charge in [-0.25, -0.2) is 8.42 Å². The van der Waals surface area contributed by atoms with Crippen LogP contribution < -0.4 is 5.32 Å². The van der Waals surface area contributed by atoms with Gasteiger partial charge in [0.25, 0.3) is 5.91 Å². The monoisotopic (exact) mass is 242 g/mol. The average molecular weight is 242 g/mol. The zero-order valence-corrected chi connectivity index (χ0v) is 9.83. The molecular formula is C10H14N2O3S. The Morgan fingerprint density at radius 1 is 1.56 bits per heavy atom. The molecule has 6 heteroatoms. The van der Waals surface area contributed by atoms with E-state index in [4.69, 9.17) is 0 Å². The summed E-state index contributed by atoms with van der Waals surface area (Å²) in [5.41, 5.74) is 0.546. The standard InChI is InChI=1S/C10H14N2O3S/c1-12-5-2-3-9(12)10(13)11-8-4-6-16(14,15)7-8/h2-3,5,8H,4,6-7H2,1H3,(H,11,13). The first kappa shape index (κ1) is 11.2. The van der Waals surface area contributed by atoms with Gasteiger partial charge in [0.05, 0.1) is 11.5 Å². The second-order valence-electron chi connectivity index (χ2n) is 4.08. The average Bonchev–Trinajstić information content (AvgIpc) is 2.72. The summed E-state index contributed by atoms with van der Waals surface area (Å²) in [7, 11) is -1.16. The summed E-state index contributed by atoms with van der Waals surface area (Å²) in [4.78, 5) is 11.8. The molecule has 1 atom stereocenters. The number of hydrogen-bond acceptors (Lipinski definition) is 3. The Kier molecular flexibility index (Phi) is 2.75. The van der Waals surface area contributed by atoms with Crippen molar-refractivity contribution in [3.05, 3.63) is 24.0 Å². The third kappa shape index (κ3) is 2.27. The fourth-order valence-corrected chi connectivity index (χ4v) is 3.54. The molecular weight excluding hydrogens is 228 g/mol. The van der Waals surface area contributed by atoms with Crippen molar-refractivity contribution in [2.24, 2.45) is 7.05 Å². The first-order chi connectivity index (χ1) is 7.48. The van der Waals surface area contributed by atoms with Crippen molar-refractivity contribution in [2.45, 2.75) is 12.5 Å². The third-order valence-corrected chi connectivity index (χ3v) is 4.51. The Labute approximate surface area is 94.4 Å². The van der Waals surface area contributed by atoms with Gasteiger partial charge in [0.15, 0.2) is 9.84 Å². The molecule has 0 spiro atoms. The Balaban J connectivity index is 2.02. The molecule has 16 heavy (non-hydrogen) atoms. The van der Waals surface area contributed by atoms with Crippen molar-refractivity contribution in [3.8, 4) is 0 Å². The van der Waals surface area contributed by atoms with Crippen LogP contribution in [0.3, 0.4) is 0 Å². The molecule has 1 N–H and O–H groups in total. The number of aryl methyl sites for hydroxylation is 1. The molecule has 0 bridgehead atoms. The summed E-state index contributed by atoms with van der Waals surface area (Å²) in [6, 6.07) is 3.24. The van der Waals surface area contributed by atoms with E-state index in [1.807, 2.05) is 0 Å². The lowest BCUT2D eigenvalue weighted by atomic mass is 10.2. The van der Waals surface area contributed by atoms with Crippen LogP contribution in [0.25, 0.3) is 0 Å². The lowest BCUT2D eigenvalue weighted by molar-refractivity contribution is 0.0933. The molecule has 1 saturated heterocycles. The molecule has 1 aromatic heterocycles. The molecule has 1 aliphatic rings. The number of nitrogens with zero attached hydrogens (tertiary/aromatic N) is 1. The molecule has 0 saturated carbocycles. The molecule has 0 aliphatic carbocycles. The summed E-state index contributed by atoms with van der Waals surface area (Å²) in [5, 5.41) is 2.74. The van der Waals surface area contributed by atoms with E-state index in [1.54, 1.807) is 29.9 Å². The Morgan fingerprint density at radius 2 is 2.31 bits per heavy atom. The number of sulfone groups is 1. The summed E-state index contributed by atoms with van der Waals surface area (Å²) in [5.74, 6) is 0.0171. The van der Waals surface area contributed by atoms with Crippen LogP contribution in [0.1, 0.15) is 16.9 Å².